The minimum Gasteiger partial charge on any atom is -0.265 e. The molecule has 0 aliphatic carbocycles. The van der Waals surface area contributed by atoms with Crippen LogP contribution >= 0.6 is 0 Å². The van der Waals surface area contributed by atoms with Gasteiger partial charge in [-0.15, -0.1) is 0 Å². The van der Waals surface area contributed by atoms with E-state index < -0.39 is 0 Å². The lowest BCUT2D eigenvalue weighted by Gasteiger charge is -1.95. The topological polar surface area (TPSA) is 12.9 Å². The normalized spacial score (nSPS) is 9.70. The van der Waals surface area contributed by atoms with Gasteiger partial charge < -0.3 is 0 Å². The fraction of sp³-hybridized carbons (Fsp3) is 0.333. The van der Waals surface area contributed by atoms with Crippen molar-refractivity contribution in [3.05, 3.63) is 36.5 Å². The highest BCUT2D eigenvalue weighted by molar-refractivity contribution is 5.18. The summed E-state index contributed by atoms with van der Waals surface area (Å²) in [5, 5.41) is 0. The summed E-state index contributed by atoms with van der Waals surface area (Å²) < 4.78 is 0. The van der Waals surface area contributed by atoms with E-state index in [1.165, 1.54) is 12.0 Å². The van der Waals surface area contributed by atoms with Crippen LogP contribution in [0.4, 0.5) is 0 Å². The van der Waals surface area contributed by atoms with Crippen LogP contribution in [0.25, 0.3) is 0 Å². The van der Waals surface area contributed by atoms with Gasteiger partial charge in [0.05, 0.1) is 0 Å². The van der Waals surface area contributed by atoms with E-state index in [0.29, 0.717) is 0 Å². The maximum atomic E-state index is 3.93. The van der Waals surface area contributed by atoms with Gasteiger partial charge in [-0.05, 0) is 30.5 Å². The lowest BCUT2D eigenvalue weighted by Crippen LogP contribution is -1.80. The van der Waals surface area contributed by atoms with Crippen LogP contribution in [0.15, 0.2) is 24.5 Å². The molecule has 0 saturated heterocycles. The van der Waals surface area contributed by atoms with Gasteiger partial charge in [0.15, 0.2) is 0 Å². The highest BCUT2D eigenvalue weighted by Gasteiger charge is 1.88. The molecule has 1 radical (unpaired) electrons. The lowest BCUT2D eigenvalue weighted by molar-refractivity contribution is 0.913. The largest absolute Gasteiger partial charge is 0.265 e. The van der Waals surface area contributed by atoms with Crippen LogP contribution in [0, 0.1) is 6.42 Å². The Labute approximate surface area is 62.1 Å². The van der Waals surface area contributed by atoms with Crippen molar-refractivity contribution >= 4 is 0 Å². The molecule has 1 rings (SSSR count). The van der Waals surface area contributed by atoms with Crippen molar-refractivity contribution in [1.82, 2.24) is 4.98 Å². The molecule has 10 heavy (non-hydrogen) atoms. The number of rotatable bonds is 3. The molecule has 0 unspecified atom stereocenters. The Bertz CT molecular complexity index is 169. The molecule has 1 nitrogen and oxygen atoms in total. The molecule has 0 bridgehead atoms. The first-order valence-electron chi connectivity index (χ1n) is 3.66. The standard InChI is InChI=1S/C9H12N/c1-2-3-4-9-5-7-10-8-6-9/h4-8H,2-3H2,1H3. The van der Waals surface area contributed by atoms with Crippen molar-refractivity contribution in [2.24, 2.45) is 0 Å². The number of hydrogen-bond donors (Lipinski definition) is 0. The number of unbranched alkanes of at least 4 members (excludes halogenated alkanes) is 1. The van der Waals surface area contributed by atoms with Crippen molar-refractivity contribution in [3.8, 4) is 0 Å². The van der Waals surface area contributed by atoms with Gasteiger partial charge in [0.25, 0.3) is 0 Å². The molecule has 0 saturated carbocycles. The van der Waals surface area contributed by atoms with Crippen molar-refractivity contribution < 1.29 is 0 Å². The second-order valence-corrected chi connectivity index (χ2v) is 2.27. The summed E-state index contributed by atoms with van der Waals surface area (Å²) in [4.78, 5) is 3.93. The molecule has 0 N–H and O–H groups in total. The van der Waals surface area contributed by atoms with Crippen LogP contribution < -0.4 is 0 Å². The summed E-state index contributed by atoms with van der Waals surface area (Å²) >= 11 is 0. The number of aromatic nitrogens is 1. The smallest absolute Gasteiger partial charge is 0.0270 e. The van der Waals surface area contributed by atoms with E-state index in [1.54, 1.807) is 0 Å². The molecule has 0 aliphatic rings. The summed E-state index contributed by atoms with van der Waals surface area (Å²) in [6.45, 7) is 2.18. The Hall–Kier alpha value is -0.850. The Balaban J connectivity index is 2.43. The minimum atomic E-state index is 1.16. The van der Waals surface area contributed by atoms with Gasteiger partial charge in [0, 0.05) is 12.4 Å². The molecule has 1 heteroatoms. The summed E-state index contributed by atoms with van der Waals surface area (Å²) in [7, 11) is 0. The van der Waals surface area contributed by atoms with Crippen LogP contribution in [0.5, 0.6) is 0 Å². The average Bonchev–Trinajstić information content (AvgIpc) is 2.03. The third-order valence-electron chi connectivity index (χ3n) is 1.37. The van der Waals surface area contributed by atoms with Crippen LogP contribution in [0.3, 0.4) is 0 Å². The SMILES string of the molecule is CCC[CH]c1ccncc1. The fourth-order valence-electron chi connectivity index (χ4n) is 0.811. The number of pyridine rings is 1. The van der Waals surface area contributed by atoms with Crippen LogP contribution in [-0.2, 0) is 0 Å². The quantitative estimate of drug-likeness (QED) is 0.618. The Morgan fingerprint density at radius 2 is 2.10 bits per heavy atom. The van der Waals surface area contributed by atoms with Gasteiger partial charge in [-0.2, -0.15) is 0 Å². The van der Waals surface area contributed by atoms with Gasteiger partial charge in [0.1, 0.15) is 0 Å². The molecular weight excluding hydrogens is 122 g/mol. The van der Waals surface area contributed by atoms with Gasteiger partial charge in [-0.3, -0.25) is 4.98 Å². The van der Waals surface area contributed by atoms with Crippen LogP contribution in [-0.4, -0.2) is 4.98 Å². The van der Waals surface area contributed by atoms with Gasteiger partial charge in [-0.1, -0.05) is 13.3 Å². The third-order valence-corrected chi connectivity index (χ3v) is 1.37. The molecule has 1 heterocycles. The molecule has 0 aliphatic heterocycles. The summed E-state index contributed by atoms with van der Waals surface area (Å²) in [5.41, 5.74) is 1.27. The van der Waals surface area contributed by atoms with Crippen molar-refractivity contribution in [2.45, 2.75) is 19.8 Å². The summed E-state index contributed by atoms with van der Waals surface area (Å²) in [5.74, 6) is 0. The monoisotopic (exact) mass is 134 g/mol. The zero-order valence-electron chi connectivity index (χ0n) is 6.25. The van der Waals surface area contributed by atoms with Gasteiger partial charge in [-0.25, -0.2) is 0 Å². The Kier molecular flexibility index (Phi) is 2.94. The molecule has 0 aromatic carbocycles. The molecular formula is C9H12N. The number of nitrogens with zero attached hydrogens (tertiary/aromatic N) is 1. The minimum absolute atomic E-state index is 1.16. The molecule has 0 spiro atoms. The highest BCUT2D eigenvalue weighted by atomic mass is 14.6. The molecule has 0 atom stereocenters. The third kappa shape index (κ3) is 2.18. The van der Waals surface area contributed by atoms with E-state index in [2.05, 4.69) is 18.3 Å². The Morgan fingerprint density at radius 3 is 2.70 bits per heavy atom. The Morgan fingerprint density at radius 1 is 1.40 bits per heavy atom. The van der Waals surface area contributed by atoms with E-state index in [1.807, 2.05) is 24.5 Å². The first-order chi connectivity index (χ1) is 4.93. The molecule has 0 fully saturated rings. The van der Waals surface area contributed by atoms with E-state index in [4.69, 9.17) is 0 Å². The van der Waals surface area contributed by atoms with Crippen molar-refractivity contribution in [3.63, 3.8) is 0 Å². The number of hydrogen-bond acceptors (Lipinski definition) is 1. The van der Waals surface area contributed by atoms with Crippen LogP contribution in [0.1, 0.15) is 25.3 Å². The molecule has 0 amide bonds. The second-order valence-electron chi connectivity index (χ2n) is 2.27. The molecule has 1 aromatic rings. The van der Waals surface area contributed by atoms with E-state index in [0.717, 1.165) is 6.42 Å². The van der Waals surface area contributed by atoms with Crippen molar-refractivity contribution in [1.29, 1.82) is 0 Å². The van der Waals surface area contributed by atoms with Gasteiger partial charge >= 0.3 is 0 Å². The first kappa shape index (κ1) is 7.26. The highest BCUT2D eigenvalue weighted by Crippen LogP contribution is 2.04. The first-order valence-corrected chi connectivity index (χ1v) is 3.66. The van der Waals surface area contributed by atoms with E-state index in [-0.39, 0.29) is 0 Å². The van der Waals surface area contributed by atoms with Crippen LogP contribution in [0.2, 0.25) is 0 Å². The summed E-state index contributed by atoms with van der Waals surface area (Å²) in [6.07, 6.45) is 8.23. The molecule has 53 valence electrons. The zero-order chi connectivity index (χ0) is 7.23. The molecule has 1 aromatic heterocycles. The lowest BCUT2D eigenvalue weighted by atomic mass is 10.1. The maximum Gasteiger partial charge on any atom is 0.0270 e. The fourth-order valence-corrected chi connectivity index (χ4v) is 0.811. The predicted octanol–water partition coefficient (Wildman–Crippen LogP) is 2.43. The zero-order valence-corrected chi connectivity index (χ0v) is 6.25. The van der Waals surface area contributed by atoms with E-state index >= 15 is 0 Å². The maximum absolute atomic E-state index is 3.93. The average molecular weight is 134 g/mol. The predicted molar refractivity (Wildman–Crippen MR) is 42.5 cm³/mol. The van der Waals surface area contributed by atoms with Crippen molar-refractivity contribution in [2.75, 3.05) is 0 Å². The van der Waals surface area contributed by atoms with Gasteiger partial charge in [0.2, 0.25) is 0 Å². The summed E-state index contributed by atoms with van der Waals surface area (Å²) in [6, 6.07) is 4.05. The van der Waals surface area contributed by atoms with E-state index in [9.17, 15) is 0 Å². The second kappa shape index (κ2) is 4.04.